The summed E-state index contributed by atoms with van der Waals surface area (Å²) in [4.78, 5) is 39.7. The van der Waals surface area contributed by atoms with Gasteiger partial charge in [-0.05, 0) is 35.7 Å². The van der Waals surface area contributed by atoms with E-state index in [2.05, 4.69) is 5.32 Å². The van der Waals surface area contributed by atoms with Gasteiger partial charge in [-0.2, -0.15) is 0 Å². The molecule has 0 radical (unpaired) electrons. The molecule has 6 nitrogen and oxygen atoms in total. The minimum Gasteiger partial charge on any atom is -0.465 e. The van der Waals surface area contributed by atoms with E-state index in [9.17, 15) is 14.4 Å². The maximum absolute atomic E-state index is 13.2. The second-order valence-electron chi connectivity index (χ2n) is 7.44. The number of hydrogen-bond acceptors (Lipinski definition) is 4. The number of carbonyl (C=O) groups is 3. The molecule has 0 bridgehead atoms. The van der Waals surface area contributed by atoms with Crippen molar-refractivity contribution < 1.29 is 19.1 Å². The molecule has 3 rings (SSSR count). The van der Waals surface area contributed by atoms with Gasteiger partial charge in [0.15, 0.2) is 0 Å². The minimum absolute atomic E-state index is 0.0430. The average Bonchev–Trinajstić information content (AvgIpc) is 2.77. The summed E-state index contributed by atoms with van der Waals surface area (Å²) in [6.07, 6.45) is 1.13. The molecule has 1 N–H and O–H groups in total. The number of nitrogens with one attached hydrogen (secondary N) is 1. The van der Waals surface area contributed by atoms with Gasteiger partial charge < -0.3 is 15.0 Å². The van der Waals surface area contributed by atoms with Crippen LogP contribution in [0.5, 0.6) is 0 Å². The Bertz CT molecular complexity index is 975. The number of ether oxygens (including phenoxy) is 1. The molecule has 2 aromatic carbocycles. The van der Waals surface area contributed by atoms with Crippen LogP contribution in [0.3, 0.4) is 0 Å². The van der Waals surface area contributed by atoms with Gasteiger partial charge in [-0.1, -0.05) is 49.7 Å². The van der Waals surface area contributed by atoms with Crippen molar-refractivity contribution in [1.29, 1.82) is 0 Å². The van der Waals surface area contributed by atoms with Crippen molar-refractivity contribution in [3.63, 3.8) is 0 Å². The monoisotopic (exact) mass is 428 g/mol. The van der Waals surface area contributed by atoms with Crippen molar-refractivity contribution in [1.82, 2.24) is 4.90 Å². The van der Waals surface area contributed by atoms with Crippen LogP contribution in [0.15, 0.2) is 42.5 Å². The van der Waals surface area contributed by atoms with E-state index < -0.39 is 12.0 Å². The molecule has 158 valence electrons. The summed E-state index contributed by atoms with van der Waals surface area (Å²) in [5.41, 5.74) is 2.69. The second-order valence-corrected chi connectivity index (χ2v) is 7.85. The fourth-order valence-electron chi connectivity index (χ4n) is 3.54. The molecule has 2 unspecified atom stereocenters. The molecule has 7 heteroatoms. The molecule has 2 aromatic rings. The zero-order valence-corrected chi connectivity index (χ0v) is 18.0. The normalized spacial score (nSPS) is 16.4. The molecule has 0 spiro atoms. The van der Waals surface area contributed by atoms with E-state index >= 15 is 0 Å². The van der Waals surface area contributed by atoms with Gasteiger partial charge in [0.25, 0.3) is 0 Å². The molecular weight excluding hydrogens is 404 g/mol. The number of benzene rings is 2. The van der Waals surface area contributed by atoms with Crippen molar-refractivity contribution in [3.8, 4) is 0 Å². The van der Waals surface area contributed by atoms with E-state index in [0.29, 0.717) is 25.1 Å². The molecule has 1 aliphatic rings. The lowest BCUT2D eigenvalue weighted by molar-refractivity contribution is -0.143. The van der Waals surface area contributed by atoms with Crippen LogP contribution in [-0.2, 0) is 27.3 Å². The standard InChI is InChI=1S/C23H25ClN2O4/c1-4-14(2)22(28)26-13-16-8-6-5-7-15(16)11-20(26)21(27)25-17-9-10-19(24)18(12-17)23(29)30-3/h5-10,12,14,20H,4,11,13H2,1-3H3,(H,25,27). The highest BCUT2D eigenvalue weighted by atomic mass is 35.5. The molecule has 0 fully saturated rings. The van der Waals surface area contributed by atoms with Crippen LogP contribution in [0.4, 0.5) is 5.69 Å². The highest BCUT2D eigenvalue weighted by molar-refractivity contribution is 6.33. The molecule has 0 aliphatic carbocycles. The number of anilines is 1. The quantitative estimate of drug-likeness (QED) is 0.728. The maximum atomic E-state index is 13.2. The topological polar surface area (TPSA) is 75.7 Å². The molecule has 1 heterocycles. The zero-order valence-electron chi connectivity index (χ0n) is 17.3. The van der Waals surface area contributed by atoms with Gasteiger partial charge in [0.05, 0.1) is 17.7 Å². The summed E-state index contributed by atoms with van der Waals surface area (Å²) in [7, 11) is 1.27. The number of esters is 1. The lowest BCUT2D eigenvalue weighted by atomic mass is 9.92. The van der Waals surface area contributed by atoms with Crippen LogP contribution in [0.25, 0.3) is 0 Å². The third-order valence-corrected chi connectivity index (χ3v) is 5.84. The van der Waals surface area contributed by atoms with Crippen molar-refractivity contribution >= 4 is 35.1 Å². The van der Waals surface area contributed by atoms with E-state index in [0.717, 1.165) is 11.1 Å². The van der Waals surface area contributed by atoms with Gasteiger partial charge in [0.1, 0.15) is 6.04 Å². The van der Waals surface area contributed by atoms with Gasteiger partial charge in [-0.3, -0.25) is 9.59 Å². The Morgan fingerprint density at radius 1 is 1.20 bits per heavy atom. The summed E-state index contributed by atoms with van der Waals surface area (Å²) in [6.45, 7) is 4.22. The molecule has 2 amide bonds. The van der Waals surface area contributed by atoms with Crippen LogP contribution in [0.1, 0.15) is 41.8 Å². The van der Waals surface area contributed by atoms with Crippen LogP contribution in [0.2, 0.25) is 5.02 Å². The molecule has 0 saturated heterocycles. The van der Waals surface area contributed by atoms with Gasteiger partial charge in [-0.25, -0.2) is 4.79 Å². The fourth-order valence-corrected chi connectivity index (χ4v) is 3.74. The number of amides is 2. The van der Waals surface area contributed by atoms with Crippen LogP contribution < -0.4 is 5.32 Å². The Labute approximate surface area is 181 Å². The third kappa shape index (κ3) is 4.49. The van der Waals surface area contributed by atoms with Crippen molar-refractivity contribution in [3.05, 3.63) is 64.2 Å². The number of nitrogens with zero attached hydrogens (tertiary/aromatic N) is 1. The largest absolute Gasteiger partial charge is 0.465 e. The molecule has 0 saturated carbocycles. The van der Waals surface area contributed by atoms with Gasteiger partial charge >= 0.3 is 5.97 Å². The molecule has 1 aliphatic heterocycles. The number of fused-ring (bicyclic) bond motifs is 1. The lowest BCUT2D eigenvalue weighted by Crippen LogP contribution is -2.52. The summed E-state index contributed by atoms with van der Waals surface area (Å²) in [6, 6.07) is 11.8. The maximum Gasteiger partial charge on any atom is 0.339 e. The Morgan fingerprint density at radius 2 is 1.90 bits per heavy atom. The van der Waals surface area contributed by atoms with E-state index in [1.165, 1.54) is 19.2 Å². The highest BCUT2D eigenvalue weighted by Gasteiger charge is 2.36. The second kappa shape index (κ2) is 9.30. The third-order valence-electron chi connectivity index (χ3n) is 5.51. The summed E-state index contributed by atoms with van der Waals surface area (Å²) >= 11 is 6.06. The van der Waals surface area contributed by atoms with E-state index in [-0.39, 0.29) is 28.3 Å². The molecular formula is C23H25ClN2O4. The first-order valence-corrected chi connectivity index (χ1v) is 10.3. The van der Waals surface area contributed by atoms with E-state index in [4.69, 9.17) is 16.3 Å². The SMILES string of the molecule is CCC(C)C(=O)N1Cc2ccccc2CC1C(=O)Nc1ccc(Cl)c(C(=O)OC)c1. The first-order chi connectivity index (χ1) is 14.3. The van der Waals surface area contributed by atoms with E-state index in [1.54, 1.807) is 11.0 Å². The number of methoxy groups -OCH3 is 1. The Kier molecular flexibility index (Phi) is 6.77. The Balaban J connectivity index is 1.88. The van der Waals surface area contributed by atoms with Gasteiger partial charge in [0, 0.05) is 24.6 Å². The van der Waals surface area contributed by atoms with Crippen molar-refractivity contribution in [2.75, 3.05) is 12.4 Å². The predicted octanol–water partition coefficient (Wildman–Crippen LogP) is 4.06. The number of halogens is 1. The molecule has 2 atom stereocenters. The van der Waals surface area contributed by atoms with Crippen LogP contribution in [-0.4, -0.2) is 35.8 Å². The number of hydrogen-bond donors (Lipinski definition) is 1. The highest BCUT2D eigenvalue weighted by Crippen LogP contribution is 2.27. The Morgan fingerprint density at radius 3 is 2.57 bits per heavy atom. The predicted molar refractivity (Wildman–Crippen MR) is 115 cm³/mol. The Hall–Kier alpha value is -2.86. The molecule has 30 heavy (non-hydrogen) atoms. The van der Waals surface area contributed by atoms with Crippen molar-refractivity contribution in [2.45, 2.75) is 39.3 Å². The number of rotatable bonds is 5. The fraction of sp³-hybridized carbons (Fsp3) is 0.348. The summed E-state index contributed by atoms with van der Waals surface area (Å²) in [5.74, 6) is -1.11. The average molecular weight is 429 g/mol. The van der Waals surface area contributed by atoms with Crippen LogP contribution in [0, 0.1) is 5.92 Å². The smallest absolute Gasteiger partial charge is 0.339 e. The summed E-state index contributed by atoms with van der Waals surface area (Å²) < 4.78 is 4.73. The first-order valence-electron chi connectivity index (χ1n) is 9.91. The zero-order chi connectivity index (χ0) is 21.8. The van der Waals surface area contributed by atoms with Crippen LogP contribution >= 0.6 is 11.6 Å². The minimum atomic E-state index is -0.640. The molecule has 0 aromatic heterocycles. The van der Waals surface area contributed by atoms with Gasteiger partial charge in [-0.15, -0.1) is 0 Å². The van der Waals surface area contributed by atoms with E-state index in [1.807, 2.05) is 38.1 Å². The number of carbonyl (C=O) groups excluding carboxylic acids is 3. The summed E-state index contributed by atoms with van der Waals surface area (Å²) in [5, 5.41) is 3.07. The van der Waals surface area contributed by atoms with Gasteiger partial charge in [0.2, 0.25) is 11.8 Å². The van der Waals surface area contributed by atoms with Crippen molar-refractivity contribution in [2.24, 2.45) is 5.92 Å². The first kappa shape index (κ1) is 21.8. The lowest BCUT2D eigenvalue weighted by Gasteiger charge is -2.37.